The molecule has 0 saturated carbocycles. The molecule has 0 aliphatic carbocycles. The van der Waals surface area contributed by atoms with Crippen molar-refractivity contribution in [3.05, 3.63) is 46.8 Å². The van der Waals surface area contributed by atoms with E-state index < -0.39 is 0 Å². The number of benzene rings is 1. The van der Waals surface area contributed by atoms with Gasteiger partial charge in [0.05, 0.1) is 17.9 Å². The number of aryl methyl sites for hydroxylation is 2. The van der Waals surface area contributed by atoms with E-state index in [-0.39, 0.29) is 11.9 Å². The number of amides is 1. The third kappa shape index (κ3) is 4.59. The second-order valence-corrected chi connectivity index (χ2v) is 6.43. The number of ether oxygens (including phenoxy) is 1. The van der Waals surface area contributed by atoms with Crippen LogP contribution in [0.4, 0.5) is 0 Å². The van der Waals surface area contributed by atoms with E-state index in [4.69, 9.17) is 9.26 Å². The van der Waals surface area contributed by atoms with E-state index in [0.29, 0.717) is 12.2 Å². The number of hydrogen-bond acceptors (Lipinski definition) is 5. The second kappa shape index (κ2) is 8.17. The number of thioether (sulfide) groups is 1. The third-order valence-electron chi connectivity index (χ3n) is 3.48. The van der Waals surface area contributed by atoms with Crippen LogP contribution < -0.4 is 5.32 Å². The largest absolute Gasteiger partial charge is 0.383 e. The number of methoxy groups -OCH3 is 1. The predicted molar refractivity (Wildman–Crippen MR) is 90.8 cm³/mol. The first-order chi connectivity index (χ1) is 11.0. The lowest BCUT2D eigenvalue weighted by atomic mass is 10.2. The van der Waals surface area contributed by atoms with E-state index in [2.05, 4.69) is 10.5 Å². The molecule has 0 radical (unpaired) electrons. The monoisotopic (exact) mass is 334 g/mol. The van der Waals surface area contributed by atoms with E-state index in [1.165, 1.54) is 0 Å². The second-order valence-electron chi connectivity index (χ2n) is 5.42. The fraction of sp³-hybridized carbons (Fsp3) is 0.412. The summed E-state index contributed by atoms with van der Waals surface area (Å²) >= 11 is 1.61. The molecule has 124 valence electrons. The van der Waals surface area contributed by atoms with Crippen molar-refractivity contribution in [3.8, 4) is 0 Å². The standard InChI is InChI=1S/C17H22N2O3S/c1-11(9-21-4)18-17(20)14-7-5-6-8-16(14)23-10-15-12(2)19-22-13(15)3/h5-8,11H,9-10H2,1-4H3,(H,18,20). The van der Waals surface area contributed by atoms with Crippen molar-refractivity contribution in [1.82, 2.24) is 10.5 Å². The van der Waals surface area contributed by atoms with E-state index in [1.807, 2.05) is 45.0 Å². The summed E-state index contributed by atoms with van der Waals surface area (Å²) in [4.78, 5) is 13.4. The van der Waals surface area contributed by atoms with Crippen LogP contribution in [-0.4, -0.2) is 30.8 Å². The van der Waals surface area contributed by atoms with Crippen LogP contribution in [0.25, 0.3) is 0 Å². The Kier molecular flexibility index (Phi) is 6.24. The van der Waals surface area contributed by atoms with Gasteiger partial charge in [-0.15, -0.1) is 11.8 Å². The fourth-order valence-corrected chi connectivity index (χ4v) is 3.43. The number of hydrogen-bond donors (Lipinski definition) is 1. The first kappa shape index (κ1) is 17.6. The average Bonchev–Trinajstić information content (AvgIpc) is 2.84. The van der Waals surface area contributed by atoms with Crippen molar-refractivity contribution in [3.63, 3.8) is 0 Å². The fourth-order valence-electron chi connectivity index (χ4n) is 2.23. The molecule has 23 heavy (non-hydrogen) atoms. The molecule has 0 fully saturated rings. The van der Waals surface area contributed by atoms with Gasteiger partial charge in [-0.25, -0.2) is 0 Å². The van der Waals surface area contributed by atoms with Crippen molar-refractivity contribution in [1.29, 1.82) is 0 Å². The Morgan fingerprint density at radius 3 is 2.78 bits per heavy atom. The third-order valence-corrected chi connectivity index (χ3v) is 4.58. The topological polar surface area (TPSA) is 64.4 Å². The minimum Gasteiger partial charge on any atom is -0.383 e. The smallest absolute Gasteiger partial charge is 0.252 e. The highest BCUT2D eigenvalue weighted by atomic mass is 32.2. The molecule has 1 aromatic carbocycles. The van der Waals surface area contributed by atoms with Gasteiger partial charge in [0.25, 0.3) is 5.91 Å². The minimum absolute atomic E-state index is 0.0341. The molecule has 0 bridgehead atoms. The molecule has 2 rings (SSSR count). The predicted octanol–water partition coefficient (Wildman–Crippen LogP) is 3.35. The van der Waals surface area contributed by atoms with Crippen LogP contribution in [0.15, 0.2) is 33.7 Å². The van der Waals surface area contributed by atoms with Gasteiger partial charge in [-0.1, -0.05) is 17.3 Å². The van der Waals surface area contributed by atoms with Crippen molar-refractivity contribution >= 4 is 17.7 Å². The number of carbonyl (C=O) groups is 1. The Morgan fingerprint density at radius 1 is 1.39 bits per heavy atom. The SMILES string of the molecule is COCC(C)NC(=O)c1ccccc1SCc1c(C)noc1C. The van der Waals surface area contributed by atoms with Gasteiger partial charge < -0.3 is 14.6 Å². The van der Waals surface area contributed by atoms with Gasteiger partial charge in [0.15, 0.2) is 0 Å². The first-order valence-electron chi connectivity index (χ1n) is 7.46. The number of rotatable bonds is 7. The van der Waals surface area contributed by atoms with E-state index >= 15 is 0 Å². The van der Waals surface area contributed by atoms with Crippen LogP contribution in [0.2, 0.25) is 0 Å². The summed E-state index contributed by atoms with van der Waals surface area (Å²) < 4.78 is 10.2. The van der Waals surface area contributed by atoms with Gasteiger partial charge in [-0.3, -0.25) is 4.79 Å². The van der Waals surface area contributed by atoms with Crippen LogP contribution in [0.3, 0.4) is 0 Å². The van der Waals surface area contributed by atoms with Gasteiger partial charge >= 0.3 is 0 Å². The molecule has 0 spiro atoms. The quantitative estimate of drug-likeness (QED) is 0.787. The Morgan fingerprint density at radius 2 is 2.13 bits per heavy atom. The zero-order valence-corrected chi connectivity index (χ0v) is 14.7. The molecule has 2 aromatic rings. The van der Waals surface area contributed by atoms with Crippen molar-refractivity contribution in [2.24, 2.45) is 0 Å². The number of aromatic nitrogens is 1. The number of nitrogens with zero attached hydrogens (tertiary/aromatic N) is 1. The Hall–Kier alpha value is -1.79. The molecule has 1 atom stereocenters. The lowest BCUT2D eigenvalue weighted by Crippen LogP contribution is -2.35. The van der Waals surface area contributed by atoms with E-state index in [0.717, 1.165) is 27.7 Å². The molecule has 0 aliphatic rings. The van der Waals surface area contributed by atoms with Gasteiger partial charge in [0.2, 0.25) is 0 Å². The molecular weight excluding hydrogens is 312 g/mol. The summed E-state index contributed by atoms with van der Waals surface area (Å²) in [6.45, 7) is 6.24. The van der Waals surface area contributed by atoms with Gasteiger partial charge in [-0.05, 0) is 32.9 Å². The molecule has 6 heteroatoms. The maximum Gasteiger partial charge on any atom is 0.252 e. The number of nitrogens with one attached hydrogen (secondary N) is 1. The minimum atomic E-state index is -0.0867. The van der Waals surface area contributed by atoms with Crippen molar-refractivity contribution < 1.29 is 14.1 Å². The van der Waals surface area contributed by atoms with Crippen molar-refractivity contribution in [2.75, 3.05) is 13.7 Å². The molecule has 0 aliphatic heterocycles. The summed E-state index contributed by atoms with van der Waals surface area (Å²) in [5, 5.41) is 6.91. The molecular formula is C17H22N2O3S. The zero-order valence-electron chi connectivity index (χ0n) is 13.9. The molecule has 0 saturated heterocycles. The Labute approximate surface area is 140 Å². The lowest BCUT2D eigenvalue weighted by molar-refractivity contribution is 0.0902. The summed E-state index contributed by atoms with van der Waals surface area (Å²) in [6, 6.07) is 7.57. The van der Waals surface area contributed by atoms with Crippen LogP contribution in [0.1, 0.15) is 34.3 Å². The highest BCUT2D eigenvalue weighted by Crippen LogP contribution is 2.28. The maximum absolute atomic E-state index is 12.4. The molecule has 1 heterocycles. The van der Waals surface area contributed by atoms with Crippen LogP contribution in [-0.2, 0) is 10.5 Å². The molecule has 1 unspecified atom stereocenters. The number of carbonyl (C=O) groups excluding carboxylic acids is 1. The maximum atomic E-state index is 12.4. The molecule has 5 nitrogen and oxygen atoms in total. The van der Waals surface area contributed by atoms with Crippen LogP contribution in [0.5, 0.6) is 0 Å². The van der Waals surface area contributed by atoms with E-state index in [1.54, 1.807) is 18.9 Å². The highest BCUT2D eigenvalue weighted by Gasteiger charge is 2.15. The summed E-state index contributed by atoms with van der Waals surface area (Å²) in [5.41, 5.74) is 2.65. The summed E-state index contributed by atoms with van der Waals surface area (Å²) in [5.74, 6) is 1.46. The normalized spacial score (nSPS) is 12.2. The van der Waals surface area contributed by atoms with Gasteiger partial charge in [0.1, 0.15) is 5.76 Å². The lowest BCUT2D eigenvalue weighted by Gasteiger charge is -2.14. The van der Waals surface area contributed by atoms with Crippen LogP contribution >= 0.6 is 11.8 Å². The van der Waals surface area contributed by atoms with E-state index in [9.17, 15) is 4.79 Å². The Bertz CT molecular complexity index is 650. The molecule has 1 N–H and O–H groups in total. The van der Waals surface area contributed by atoms with Gasteiger partial charge in [0, 0.05) is 29.4 Å². The van der Waals surface area contributed by atoms with Crippen LogP contribution in [0, 0.1) is 13.8 Å². The molecule has 1 aromatic heterocycles. The highest BCUT2D eigenvalue weighted by molar-refractivity contribution is 7.98. The van der Waals surface area contributed by atoms with Crippen molar-refractivity contribution in [2.45, 2.75) is 37.5 Å². The summed E-state index contributed by atoms with van der Waals surface area (Å²) in [7, 11) is 1.62. The zero-order chi connectivity index (χ0) is 16.8. The molecule has 1 amide bonds. The van der Waals surface area contributed by atoms with Gasteiger partial charge in [-0.2, -0.15) is 0 Å². The average molecular weight is 334 g/mol. The first-order valence-corrected chi connectivity index (χ1v) is 8.44. The Balaban J connectivity index is 2.10. The summed E-state index contributed by atoms with van der Waals surface area (Å²) in [6.07, 6.45) is 0.